The molecule has 2 aliphatic carbocycles. The molecule has 1 aromatic heterocycles. The Balaban J connectivity index is 1.42. The molecule has 2 aromatic rings. The summed E-state index contributed by atoms with van der Waals surface area (Å²) < 4.78 is 24.0. The fraction of sp³-hybridized carbons (Fsp3) is 0.576. The number of nitrogens with one attached hydrogen (secondary N) is 1. The predicted molar refractivity (Wildman–Crippen MR) is 163 cm³/mol. The van der Waals surface area contributed by atoms with Gasteiger partial charge >= 0.3 is 6.09 Å². The fourth-order valence-electron chi connectivity index (χ4n) is 7.37. The third kappa shape index (κ3) is 6.14. The van der Waals surface area contributed by atoms with Crippen LogP contribution in [0.4, 0.5) is 4.79 Å². The van der Waals surface area contributed by atoms with Crippen LogP contribution in [0.3, 0.4) is 0 Å². The highest BCUT2D eigenvalue weighted by molar-refractivity contribution is 5.92. The maximum Gasteiger partial charge on any atom is 0.408 e. The van der Waals surface area contributed by atoms with E-state index in [0.29, 0.717) is 29.5 Å². The van der Waals surface area contributed by atoms with Crippen molar-refractivity contribution < 1.29 is 33.3 Å². The van der Waals surface area contributed by atoms with Crippen LogP contribution in [0.15, 0.2) is 24.3 Å². The first kappa shape index (κ1) is 30.0. The van der Waals surface area contributed by atoms with E-state index >= 15 is 0 Å². The van der Waals surface area contributed by atoms with Crippen molar-refractivity contribution in [2.75, 3.05) is 20.3 Å². The first-order valence-electron chi connectivity index (χ1n) is 15.9. The molecule has 4 bridgehead atoms. The lowest BCUT2D eigenvalue weighted by Crippen LogP contribution is -2.55. The Morgan fingerprint density at radius 2 is 1.89 bits per heavy atom. The first-order chi connectivity index (χ1) is 21.3. The second-order valence-corrected chi connectivity index (χ2v) is 12.3. The highest BCUT2D eigenvalue weighted by Gasteiger charge is 2.45. The van der Waals surface area contributed by atoms with Crippen molar-refractivity contribution >= 4 is 34.9 Å². The van der Waals surface area contributed by atoms with Crippen molar-refractivity contribution in [3.05, 3.63) is 29.8 Å². The molecule has 0 spiro atoms. The average Bonchev–Trinajstić information content (AvgIpc) is 3.77. The van der Waals surface area contributed by atoms with Gasteiger partial charge in [-0.1, -0.05) is 25.0 Å². The SMILES string of the molecule is CCOc1cc2c3cc(c(OC)cc3n1)/C=C/C[C@H]1CCC[C@@H]1OC(=O)N[C@@H](C1CCCC1)C(=O)N1C[C@@H](C[C@H]1C(N)=O)O2. The van der Waals surface area contributed by atoms with Gasteiger partial charge in [-0.25, -0.2) is 9.78 Å². The summed E-state index contributed by atoms with van der Waals surface area (Å²) in [5.41, 5.74) is 7.33. The van der Waals surface area contributed by atoms with E-state index in [-0.39, 0.29) is 36.8 Å². The van der Waals surface area contributed by atoms with Crippen LogP contribution in [0.5, 0.6) is 17.4 Å². The minimum Gasteiger partial charge on any atom is -0.496 e. The van der Waals surface area contributed by atoms with Gasteiger partial charge in [-0.3, -0.25) is 9.59 Å². The number of amides is 3. The molecule has 3 fully saturated rings. The summed E-state index contributed by atoms with van der Waals surface area (Å²) in [5, 5.41) is 3.68. The molecule has 5 atom stereocenters. The lowest BCUT2D eigenvalue weighted by atomic mass is 9.96. The zero-order valence-electron chi connectivity index (χ0n) is 25.5. The number of carbonyl (C=O) groups is 3. The number of alkyl carbamates (subject to hydrolysis) is 1. The molecule has 11 heteroatoms. The maximum absolute atomic E-state index is 14.2. The van der Waals surface area contributed by atoms with Crippen LogP contribution in [0, 0.1) is 11.8 Å². The summed E-state index contributed by atoms with van der Waals surface area (Å²) in [7, 11) is 1.62. The van der Waals surface area contributed by atoms with Gasteiger partial charge in [0.1, 0.15) is 35.8 Å². The van der Waals surface area contributed by atoms with Gasteiger partial charge in [-0.15, -0.1) is 0 Å². The molecule has 3 amide bonds. The number of nitrogens with zero attached hydrogens (tertiary/aromatic N) is 2. The van der Waals surface area contributed by atoms with E-state index in [9.17, 15) is 14.4 Å². The molecule has 0 radical (unpaired) electrons. The van der Waals surface area contributed by atoms with Gasteiger partial charge in [0.05, 0.1) is 25.8 Å². The second kappa shape index (κ2) is 12.9. The molecular formula is C33H42N4O7. The number of hydrogen-bond acceptors (Lipinski definition) is 8. The van der Waals surface area contributed by atoms with E-state index in [1.807, 2.05) is 25.1 Å². The maximum atomic E-state index is 14.2. The lowest BCUT2D eigenvalue weighted by Gasteiger charge is -2.31. The first-order valence-corrected chi connectivity index (χ1v) is 15.9. The lowest BCUT2D eigenvalue weighted by molar-refractivity contribution is -0.140. The average molecular weight is 607 g/mol. The number of nitrogens with two attached hydrogens (primary N) is 1. The van der Waals surface area contributed by atoms with E-state index in [0.717, 1.165) is 62.3 Å². The molecule has 11 nitrogen and oxygen atoms in total. The van der Waals surface area contributed by atoms with Crippen molar-refractivity contribution in [3.63, 3.8) is 0 Å². The highest BCUT2D eigenvalue weighted by Crippen LogP contribution is 2.38. The minimum atomic E-state index is -0.867. The van der Waals surface area contributed by atoms with Gasteiger partial charge in [0.15, 0.2) is 0 Å². The van der Waals surface area contributed by atoms with Crippen molar-refractivity contribution in [1.82, 2.24) is 15.2 Å². The van der Waals surface area contributed by atoms with E-state index in [1.54, 1.807) is 13.2 Å². The van der Waals surface area contributed by atoms with Crippen LogP contribution in [0.1, 0.15) is 70.3 Å². The number of pyridine rings is 1. The van der Waals surface area contributed by atoms with E-state index in [1.165, 1.54) is 4.90 Å². The van der Waals surface area contributed by atoms with Gasteiger partial charge < -0.3 is 34.9 Å². The molecule has 3 heterocycles. The number of carbonyl (C=O) groups excluding carboxylic acids is 3. The van der Waals surface area contributed by atoms with Crippen molar-refractivity contribution in [1.29, 1.82) is 0 Å². The highest BCUT2D eigenvalue weighted by atomic mass is 16.6. The molecule has 1 saturated heterocycles. The number of methoxy groups -OCH3 is 1. The Morgan fingerprint density at radius 1 is 1.09 bits per heavy atom. The predicted octanol–water partition coefficient (Wildman–Crippen LogP) is 4.35. The van der Waals surface area contributed by atoms with Crippen LogP contribution in [-0.4, -0.2) is 72.3 Å². The summed E-state index contributed by atoms with van der Waals surface area (Å²) in [4.78, 5) is 46.3. The van der Waals surface area contributed by atoms with Crippen LogP contribution in [0.2, 0.25) is 0 Å². The monoisotopic (exact) mass is 606 g/mol. The number of primary amides is 1. The zero-order chi connectivity index (χ0) is 30.8. The summed E-state index contributed by atoms with van der Waals surface area (Å²) in [6.07, 6.45) is 10.0. The van der Waals surface area contributed by atoms with Crippen molar-refractivity contribution in [3.8, 4) is 17.4 Å². The molecule has 2 saturated carbocycles. The fourth-order valence-corrected chi connectivity index (χ4v) is 7.37. The minimum absolute atomic E-state index is 0.0391. The van der Waals surface area contributed by atoms with Gasteiger partial charge in [0, 0.05) is 29.5 Å². The molecular weight excluding hydrogens is 564 g/mol. The van der Waals surface area contributed by atoms with E-state index in [4.69, 9.17) is 24.7 Å². The third-order valence-electron chi connectivity index (χ3n) is 9.55. The number of ether oxygens (including phenoxy) is 4. The number of benzene rings is 1. The Hall–Kier alpha value is -4.02. The molecule has 4 aliphatic rings. The summed E-state index contributed by atoms with van der Waals surface area (Å²) in [5.74, 6) is 0.776. The van der Waals surface area contributed by atoms with Crippen LogP contribution in [0.25, 0.3) is 17.0 Å². The van der Waals surface area contributed by atoms with Crippen LogP contribution in [-0.2, 0) is 14.3 Å². The molecule has 2 aliphatic heterocycles. The standard InChI is InChI=1S/C33H42N4O7/c1-3-42-29-17-28-23-14-21(27(41-2)16-24(23)35-29)12-6-10-19-11-7-13-26(19)44-33(40)36-30(20-8-4-5-9-20)32(39)37-18-22(43-28)15-25(37)31(34)38/h6,12,14,16-17,19-20,22,25-26,30H,3-5,7-11,13,15,18H2,1-2H3,(H2,34,38)(H,36,40)/b12-6+/t19-,22+,25-,26-,30-/m0/s1. The normalized spacial score (nSPS) is 28.5. The Bertz CT molecular complexity index is 1440. The molecule has 236 valence electrons. The van der Waals surface area contributed by atoms with E-state index in [2.05, 4.69) is 16.4 Å². The van der Waals surface area contributed by atoms with Crippen molar-refractivity contribution in [2.45, 2.75) is 89.0 Å². The largest absolute Gasteiger partial charge is 0.496 e. The molecule has 44 heavy (non-hydrogen) atoms. The number of allylic oxidation sites excluding steroid dienone is 1. The zero-order valence-corrected chi connectivity index (χ0v) is 25.5. The Morgan fingerprint density at radius 3 is 2.64 bits per heavy atom. The molecule has 1 aromatic carbocycles. The molecule has 6 rings (SSSR count). The van der Waals surface area contributed by atoms with Gasteiger partial charge in [0.2, 0.25) is 17.7 Å². The third-order valence-corrected chi connectivity index (χ3v) is 9.55. The Kier molecular flexibility index (Phi) is 8.81. The number of hydrogen-bond donors (Lipinski definition) is 2. The van der Waals surface area contributed by atoms with Crippen molar-refractivity contribution in [2.24, 2.45) is 17.6 Å². The molecule has 3 N–H and O–H groups in total. The smallest absolute Gasteiger partial charge is 0.408 e. The van der Waals surface area contributed by atoms with Gasteiger partial charge in [-0.05, 0) is 63.4 Å². The summed E-state index contributed by atoms with van der Waals surface area (Å²) in [6, 6.07) is 3.91. The van der Waals surface area contributed by atoms with Gasteiger partial charge in [-0.2, -0.15) is 0 Å². The summed E-state index contributed by atoms with van der Waals surface area (Å²) >= 11 is 0. The van der Waals surface area contributed by atoms with Crippen LogP contribution >= 0.6 is 0 Å². The van der Waals surface area contributed by atoms with Gasteiger partial charge in [0.25, 0.3) is 0 Å². The number of fused-ring (bicyclic) bond motifs is 4. The number of aromatic nitrogens is 1. The number of rotatable bonds is 5. The van der Waals surface area contributed by atoms with Crippen LogP contribution < -0.4 is 25.3 Å². The summed E-state index contributed by atoms with van der Waals surface area (Å²) in [6.45, 7) is 2.45. The quantitative estimate of drug-likeness (QED) is 0.512. The molecule has 0 unspecified atom stereocenters. The second-order valence-electron chi connectivity index (χ2n) is 12.3. The topological polar surface area (TPSA) is 142 Å². The Labute approximate surface area is 257 Å². The van der Waals surface area contributed by atoms with E-state index < -0.39 is 30.2 Å².